The van der Waals surface area contributed by atoms with Crippen molar-refractivity contribution in [1.29, 1.82) is 0 Å². The van der Waals surface area contributed by atoms with E-state index in [-0.39, 0.29) is 12.4 Å². The summed E-state index contributed by atoms with van der Waals surface area (Å²) in [6, 6.07) is 2.27. The fourth-order valence-electron chi connectivity index (χ4n) is 2.28. The largest absolute Gasteiger partial charge is 0.489 e. The average Bonchev–Trinajstić information content (AvgIpc) is 2.42. The van der Waals surface area contributed by atoms with Gasteiger partial charge in [0, 0.05) is 42.3 Å². The summed E-state index contributed by atoms with van der Waals surface area (Å²) >= 11 is 0. The van der Waals surface area contributed by atoms with Crippen LogP contribution in [0.25, 0.3) is 0 Å². The van der Waals surface area contributed by atoms with E-state index in [0.29, 0.717) is 11.4 Å². The number of ether oxygens (including phenoxy) is 1. The average molecular weight is 303 g/mol. The Morgan fingerprint density at radius 3 is 2.55 bits per heavy atom. The Morgan fingerprint density at radius 2 is 1.90 bits per heavy atom. The van der Waals surface area contributed by atoms with Crippen LogP contribution in [-0.2, 0) is 10.8 Å². The molecule has 6 heteroatoms. The molecule has 2 rings (SSSR count). The summed E-state index contributed by atoms with van der Waals surface area (Å²) < 4.78 is 43.8. The molecule has 1 unspecified atom stereocenters. The predicted octanol–water partition coefficient (Wildman–Crippen LogP) is 2.71. The normalized spacial score (nSPS) is 17.1. The number of hydrogen-bond donors (Lipinski definition) is 0. The Kier molecular flexibility index (Phi) is 5.34. The van der Waals surface area contributed by atoms with E-state index in [1.807, 2.05) is 4.90 Å². The fourth-order valence-corrected chi connectivity index (χ4v) is 2.59. The molecular formula is C14H19F2NO2S. The molecule has 1 saturated heterocycles. The molecule has 1 fully saturated rings. The molecule has 1 atom stereocenters. The van der Waals surface area contributed by atoms with E-state index in [4.69, 9.17) is 4.74 Å². The Morgan fingerprint density at radius 1 is 1.20 bits per heavy atom. The quantitative estimate of drug-likeness (QED) is 0.837. The molecule has 0 aromatic heterocycles. The summed E-state index contributed by atoms with van der Waals surface area (Å²) in [7, 11) is -0.992. The van der Waals surface area contributed by atoms with Gasteiger partial charge in [0.05, 0.1) is 18.0 Å². The highest BCUT2D eigenvalue weighted by atomic mass is 32.2. The van der Waals surface area contributed by atoms with Gasteiger partial charge in [-0.25, -0.2) is 8.78 Å². The lowest BCUT2D eigenvalue weighted by Crippen LogP contribution is -2.30. The molecule has 0 amide bonds. The lowest BCUT2D eigenvalue weighted by Gasteiger charge is -2.29. The second-order valence-corrected chi connectivity index (χ2v) is 6.46. The van der Waals surface area contributed by atoms with Gasteiger partial charge in [0.1, 0.15) is 5.82 Å². The van der Waals surface area contributed by atoms with Gasteiger partial charge in [-0.3, -0.25) is 4.21 Å². The molecule has 0 spiro atoms. The Hall–Kier alpha value is -1.17. The highest BCUT2D eigenvalue weighted by molar-refractivity contribution is 7.84. The molecule has 0 bridgehead atoms. The Balaban J connectivity index is 2.13. The van der Waals surface area contributed by atoms with E-state index in [0.717, 1.165) is 38.4 Å². The van der Waals surface area contributed by atoms with Crippen LogP contribution < -0.4 is 9.64 Å². The van der Waals surface area contributed by atoms with Crippen LogP contribution in [-0.4, -0.2) is 35.9 Å². The monoisotopic (exact) mass is 303 g/mol. The van der Waals surface area contributed by atoms with Crippen molar-refractivity contribution in [3.8, 4) is 5.75 Å². The summed E-state index contributed by atoms with van der Waals surface area (Å²) in [5.74, 6) is -0.922. The third-order valence-corrected chi connectivity index (χ3v) is 4.07. The maximum atomic E-state index is 13.9. The molecule has 1 aromatic rings. The molecule has 1 aromatic carbocycles. The van der Waals surface area contributed by atoms with E-state index in [9.17, 15) is 13.0 Å². The minimum Gasteiger partial charge on any atom is -0.489 e. The second-order valence-electron chi connectivity index (χ2n) is 4.91. The van der Waals surface area contributed by atoms with Crippen molar-refractivity contribution >= 4 is 16.5 Å². The van der Waals surface area contributed by atoms with E-state index in [1.54, 1.807) is 6.26 Å². The van der Waals surface area contributed by atoms with Crippen LogP contribution in [0.3, 0.4) is 0 Å². The topological polar surface area (TPSA) is 29.5 Å². The van der Waals surface area contributed by atoms with Gasteiger partial charge in [-0.15, -0.1) is 0 Å². The molecule has 1 aliphatic heterocycles. The SMILES string of the molecule is CS(=O)CCOc1cc(N2CCCCC2)c(F)cc1F. The predicted molar refractivity (Wildman–Crippen MR) is 76.9 cm³/mol. The first-order valence-corrected chi connectivity index (χ1v) is 8.47. The first kappa shape index (κ1) is 15.2. The highest BCUT2D eigenvalue weighted by Crippen LogP contribution is 2.30. The molecule has 112 valence electrons. The smallest absolute Gasteiger partial charge is 0.168 e. The van der Waals surface area contributed by atoms with E-state index < -0.39 is 22.4 Å². The van der Waals surface area contributed by atoms with E-state index in [2.05, 4.69) is 0 Å². The van der Waals surface area contributed by atoms with Crippen LogP contribution in [0.1, 0.15) is 19.3 Å². The molecule has 0 aliphatic carbocycles. The molecule has 0 radical (unpaired) electrons. The van der Waals surface area contributed by atoms with Crippen molar-refractivity contribution in [3.63, 3.8) is 0 Å². The number of benzene rings is 1. The Labute approximate surface area is 120 Å². The third-order valence-electron chi connectivity index (χ3n) is 3.33. The van der Waals surface area contributed by atoms with Crippen molar-refractivity contribution in [2.24, 2.45) is 0 Å². The molecule has 1 aliphatic rings. The summed E-state index contributed by atoms with van der Waals surface area (Å²) in [5.41, 5.74) is 0.388. The van der Waals surface area contributed by atoms with Gasteiger partial charge in [0.25, 0.3) is 0 Å². The van der Waals surface area contributed by atoms with Crippen LogP contribution >= 0.6 is 0 Å². The van der Waals surface area contributed by atoms with Crippen LogP contribution in [0.2, 0.25) is 0 Å². The van der Waals surface area contributed by atoms with Crippen molar-refractivity contribution < 1.29 is 17.7 Å². The second kappa shape index (κ2) is 7.02. The third kappa shape index (κ3) is 3.91. The molecule has 3 nitrogen and oxygen atoms in total. The molecule has 20 heavy (non-hydrogen) atoms. The van der Waals surface area contributed by atoms with Gasteiger partial charge < -0.3 is 9.64 Å². The van der Waals surface area contributed by atoms with Gasteiger partial charge in [-0.05, 0) is 19.3 Å². The van der Waals surface area contributed by atoms with Gasteiger partial charge >= 0.3 is 0 Å². The van der Waals surface area contributed by atoms with E-state index in [1.165, 1.54) is 6.07 Å². The maximum Gasteiger partial charge on any atom is 0.168 e. The number of nitrogens with zero attached hydrogens (tertiary/aromatic N) is 1. The number of piperidine rings is 1. The van der Waals surface area contributed by atoms with Crippen LogP contribution in [0.4, 0.5) is 14.5 Å². The first-order valence-electron chi connectivity index (χ1n) is 6.75. The van der Waals surface area contributed by atoms with Crippen molar-refractivity contribution in [1.82, 2.24) is 0 Å². The highest BCUT2D eigenvalue weighted by Gasteiger charge is 2.18. The minimum absolute atomic E-state index is 0.0254. The zero-order chi connectivity index (χ0) is 14.5. The number of halogens is 2. The van der Waals surface area contributed by atoms with Gasteiger partial charge in [-0.2, -0.15) is 0 Å². The summed E-state index contributed by atoms with van der Waals surface area (Å²) in [6.07, 6.45) is 4.73. The lowest BCUT2D eigenvalue weighted by atomic mass is 10.1. The molecular weight excluding hydrogens is 284 g/mol. The van der Waals surface area contributed by atoms with Gasteiger partial charge in [-0.1, -0.05) is 0 Å². The van der Waals surface area contributed by atoms with Crippen molar-refractivity contribution in [3.05, 3.63) is 23.8 Å². The van der Waals surface area contributed by atoms with Crippen LogP contribution in [0.5, 0.6) is 5.75 Å². The molecule has 0 saturated carbocycles. The molecule has 1 heterocycles. The van der Waals surface area contributed by atoms with Gasteiger partial charge in [0.2, 0.25) is 0 Å². The number of hydrogen-bond acceptors (Lipinski definition) is 3. The van der Waals surface area contributed by atoms with Crippen LogP contribution in [0.15, 0.2) is 12.1 Å². The summed E-state index contributed by atoms with van der Waals surface area (Å²) in [4.78, 5) is 1.92. The standard InChI is InChI=1S/C14H19F2NO2S/c1-20(18)8-7-19-14-10-13(11(15)9-12(14)16)17-5-3-2-4-6-17/h9-10H,2-8H2,1H3. The Bertz CT molecular complexity index is 490. The van der Waals surface area contributed by atoms with Crippen molar-refractivity contribution in [2.75, 3.05) is 36.6 Å². The maximum absolute atomic E-state index is 13.9. The molecule has 0 N–H and O–H groups in total. The van der Waals surface area contributed by atoms with Gasteiger partial charge in [0.15, 0.2) is 11.6 Å². The lowest BCUT2D eigenvalue weighted by molar-refractivity contribution is 0.322. The number of rotatable bonds is 5. The zero-order valence-corrected chi connectivity index (χ0v) is 12.3. The summed E-state index contributed by atoms with van der Waals surface area (Å²) in [6.45, 7) is 1.72. The number of anilines is 1. The minimum atomic E-state index is -0.992. The van der Waals surface area contributed by atoms with E-state index >= 15 is 0 Å². The zero-order valence-electron chi connectivity index (χ0n) is 11.5. The first-order chi connectivity index (χ1) is 9.58. The fraction of sp³-hybridized carbons (Fsp3) is 0.571. The van der Waals surface area contributed by atoms with Crippen LogP contribution in [0, 0.1) is 11.6 Å². The van der Waals surface area contributed by atoms with Crippen molar-refractivity contribution in [2.45, 2.75) is 19.3 Å². The summed E-state index contributed by atoms with van der Waals surface area (Å²) in [5, 5.41) is 0.